The number of imidazole rings is 1. The zero-order chi connectivity index (χ0) is 18.4. The van der Waals surface area contributed by atoms with Crippen LogP contribution >= 0.6 is 0 Å². The number of aromatic nitrogens is 3. The van der Waals surface area contributed by atoms with E-state index in [1.54, 1.807) is 28.9 Å². The average molecular weight is 365 g/mol. The molecule has 136 valence electrons. The van der Waals surface area contributed by atoms with Crippen LogP contribution in [-0.2, 0) is 0 Å². The highest BCUT2D eigenvalue weighted by atomic mass is 19.1. The molecule has 1 fully saturated rings. The summed E-state index contributed by atoms with van der Waals surface area (Å²) in [5.41, 5.74) is 0.550. The van der Waals surface area contributed by atoms with Crippen LogP contribution in [0.3, 0.4) is 0 Å². The van der Waals surface area contributed by atoms with Gasteiger partial charge in [0.05, 0.1) is 11.3 Å². The van der Waals surface area contributed by atoms with Crippen molar-refractivity contribution in [3.63, 3.8) is 0 Å². The van der Waals surface area contributed by atoms with E-state index in [-0.39, 0.29) is 16.9 Å². The van der Waals surface area contributed by atoms with Gasteiger partial charge in [0, 0.05) is 44.0 Å². The Morgan fingerprint density at radius 1 is 1.15 bits per heavy atom. The highest BCUT2D eigenvalue weighted by Crippen LogP contribution is 2.23. The molecule has 0 radical (unpaired) electrons. The maximum Gasteiger partial charge on any atom is 0.347 e. The summed E-state index contributed by atoms with van der Waals surface area (Å²) in [5.74, 6) is 0.339. The van der Waals surface area contributed by atoms with E-state index in [9.17, 15) is 9.18 Å². The van der Waals surface area contributed by atoms with Crippen molar-refractivity contribution in [2.24, 2.45) is 0 Å². The largest absolute Gasteiger partial charge is 0.403 e. The van der Waals surface area contributed by atoms with Gasteiger partial charge in [0.2, 0.25) is 5.71 Å². The minimum absolute atomic E-state index is 0.166. The number of anilines is 1. The van der Waals surface area contributed by atoms with Gasteiger partial charge in [-0.1, -0.05) is 0 Å². The van der Waals surface area contributed by atoms with Crippen LogP contribution in [0.25, 0.3) is 28.0 Å². The van der Waals surface area contributed by atoms with Crippen molar-refractivity contribution >= 4 is 22.6 Å². The third-order valence-electron chi connectivity index (χ3n) is 4.74. The van der Waals surface area contributed by atoms with Crippen LogP contribution in [-0.4, -0.2) is 40.5 Å². The molecule has 0 spiro atoms. The topological polar surface area (TPSA) is 75.7 Å². The zero-order valence-electron chi connectivity index (χ0n) is 14.4. The molecule has 0 aromatic carbocycles. The fourth-order valence-corrected chi connectivity index (χ4v) is 3.35. The molecule has 0 unspecified atom stereocenters. The van der Waals surface area contributed by atoms with Crippen LogP contribution in [0, 0.1) is 5.82 Å². The van der Waals surface area contributed by atoms with E-state index in [0.717, 1.165) is 32.0 Å². The van der Waals surface area contributed by atoms with Gasteiger partial charge in [-0.3, -0.25) is 0 Å². The van der Waals surface area contributed by atoms with Crippen molar-refractivity contribution < 1.29 is 8.81 Å². The van der Waals surface area contributed by atoms with Gasteiger partial charge in [-0.05, 0) is 30.3 Å². The van der Waals surface area contributed by atoms with Crippen molar-refractivity contribution in [2.45, 2.75) is 0 Å². The molecule has 0 atom stereocenters. The molecule has 1 saturated heterocycles. The summed E-state index contributed by atoms with van der Waals surface area (Å²) in [4.78, 5) is 23.4. The first-order chi connectivity index (χ1) is 13.2. The highest BCUT2D eigenvalue weighted by molar-refractivity contribution is 5.80. The van der Waals surface area contributed by atoms with Crippen molar-refractivity contribution in [2.75, 3.05) is 31.1 Å². The minimum atomic E-state index is -0.545. The van der Waals surface area contributed by atoms with Crippen molar-refractivity contribution in [3.05, 3.63) is 59.0 Å². The van der Waals surface area contributed by atoms with Crippen LogP contribution in [0.1, 0.15) is 0 Å². The molecule has 1 aliphatic heterocycles. The van der Waals surface area contributed by atoms with E-state index in [4.69, 9.17) is 4.42 Å². The summed E-state index contributed by atoms with van der Waals surface area (Å²) in [6, 6.07) is 8.40. The molecule has 0 saturated carbocycles. The number of hydrogen-bond acceptors (Lipinski definition) is 6. The molecule has 0 amide bonds. The van der Waals surface area contributed by atoms with E-state index in [0.29, 0.717) is 11.1 Å². The lowest BCUT2D eigenvalue weighted by Crippen LogP contribution is -2.43. The van der Waals surface area contributed by atoms with Gasteiger partial charge in [0.1, 0.15) is 5.82 Å². The predicted molar refractivity (Wildman–Crippen MR) is 99.5 cm³/mol. The van der Waals surface area contributed by atoms with E-state index >= 15 is 0 Å². The lowest BCUT2D eigenvalue weighted by molar-refractivity contribution is 0.547. The van der Waals surface area contributed by atoms with Gasteiger partial charge in [-0.15, -0.1) is 0 Å². The number of nitrogens with zero attached hydrogens (tertiary/aromatic N) is 4. The first-order valence-electron chi connectivity index (χ1n) is 8.73. The maximum absolute atomic E-state index is 13.9. The Bertz CT molecular complexity index is 1210. The van der Waals surface area contributed by atoms with E-state index in [1.165, 1.54) is 6.07 Å². The summed E-state index contributed by atoms with van der Waals surface area (Å²) in [5, 5.41) is 3.99. The molecule has 8 heteroatoms. The monoisotopic (exact) mass is 365 g/mol. The molecule has 5 rings (SSSR count). The number of nitrogens with one attached hydrogen (secondary N) is 1. The van der Waals surface area contributed by atoms with Crippen molar-refractivity contribution in [1.29, 1.82) is 0 Å². The molecule has 4 aromatic heterocycles. The SMILES string of the molecule is O=c1oc2nc(N3CCNCC3)ccc2cc1-c1cn2cccc(F)c2n1. The molecular weight excluding hydrogens is 349 g/mol. The van der Waals surface area contributed by atoms with Gasteiger partial charge in [-0.25, -0.2) is 14.2 Å². The van der Waals surface area contributed by atoms with Crippen molar-refractivity contribution in [3.8, 4) is 11.3 Å². The molecule has 1 aliphatic rings. The third-order valence-corrected chi connectivity index (χ3v) is 4.74. The number of hydrogen-bond donors (Lipinski definition) is 1. The lowest BCUT2D eigenvalue weighted by Gasteiger charge is -2.28. The predicted octanol–water partition coefficient (Wildman–Crippen LogP) is 2.05. The lowest BCUT2D eigenvalue weighted by atomic mass is 10.2. The quantitative estimate of drug-likeness (QED) is 0.586. The Morgan fingerprint density at radius 3 is 2.81 bits per heavy atom. The number of rotatable bonds is 2. The first kappa shape index (κ1) is 16.0. The van der Waals surface area contributed by atoms with E-state index in [2.05, 4.69) is 20.2 Å². The summed E-state index contributed by atoms with van der Waals surface area (Å²) >= 11 is 0. The van der Waals surface area contributed by atoms with Crippen LogP contribution in [0.15, 0.2) is 51.9 Å². The second-order valence-electron chi connectivity index (χ2n) is 6.46. The fourth-order valence-electron chi connectivity index (χ4n) is 3.35. The highest BCUT2D eigenvalue weighted by Gasteiger charge is 2.16. The number of pyridine rings is 2. The molecule has 1 N–H and O–H groups in total. The summed E-state index contributed by atoms with van der Waals surface area (Å²) < 4.78 is 20.9. The van der Waals surface area contributed by atoms with Crippen LogP contribution in [0.4, 0.5) is 10.2 Å². The van der Waals surface area contributed by atoms with Gasteiger partial charge in [0.15, 0.2) is 11.5 Å². The Hall–Kier alpha value is -3.26. The molecule has 5 heterocycles. The summed E-state index contributed by atoms with van der Waals surface area (Å²) in [7, 11) is 0. The van der Waals surface area contributed by atoms with E-state index in [1.807, 2.05) is 12.1 Å². The third kappa shape index (κ3) is 2.74. The molecular formula is C19H16FN5O2. The second-order valence-corrected chi connectivity index (χ2v) is 6.46. The van der Waals surface area contributed by atoms with E-state index < -0.39 is 11.4 Å². The van der Waals surface area contributed by atoms with Crippen LogP contribution < -0.4 is 15.8 Å². The van der Waals surface area contributed by atoms with Gasteiger partial charge in [0.25, 0.3) is 0 Å². The van der Waals surface area contributed by atoms with Crippen LogP contribution in [0.2, 0.25) is 0 Å². The second kappa shape index (κ2) is 6.17. The smallest absolute Gasteiger partial charge is 0.347 e. The summed E-state index contributed by atoms with van der Waals surface area (Å²) in [6.45, 7) is 3.50. The Kier molecular flexibility index (Phi) is 3.64. The number of piperazine rings is 1. The average Bonchev–Trinajstić information content (AvgIpc) is 3.13. The van der Waals surface area contributed by atoms with Crippen LogP contribution in [0.5, 0.6) is 0 Å². The van der Waals surface area contributed by atoms with Gasteiger partial charge in [-0.2, -0.15) is 4.98 Å². The minimum Gasteiger partial charge on any atom is -0.403 e. The normalized spacial score (nSPS) is 14.9. The van der Waals surface area contributed by atoms with Gasteiger partial charge < -0.3 is 19.0 Å². The maximum atomic E-state index is 13.9. The Morgan fingerprint density at radius 2 is 2.00 bits per heavy atom. The fraction of sp³-hybridized carbons (Fsp3) is 0.211. The Balaban J connectivity index is 1.60. The molecule has 4 aromatic rings. The standard InChI is InChI=1S/C19H16FN5O2/c20-14-2-1-7-25-11-15(22-17(14)25)13-10-12-3-4-16(23-18(12)27-19(13)26)24-8-5-21-6-9-24/h1-4,7,10-11,21H,5-6,8-9H2. The first-order valence-corrected chi connectivity index (χ1v) is 8.73. The zero-order valence-corrected chi connectivity index (χ0v) is 14.4. The molecule has 27 heavy (non-hydrogen) atoms. The van der Waals surface area contributed by atoms with Gasteiger partial charge >= 0.3 is 5.63 Å². The molecule has 0 bridgehead atoms. The summed E-state index contributed by atoms with van der Waals surface area (Å²) in [6.07, 6.45) is 3.29. The number of halogens is 1. The molecule has 0 aliphatic carbocycles. The Labute approximate surface area is 153 Å². The van der Waals surface area contributed by atoms with Crippen molar-refractivity contribution in [1.82, 2.24) is 19.7 Å². The number of fused-ring (bicyclic) bond motifs is 2. The molecule has 7 nitrogen and oxygen atoms in total.